The number of benzene rings is 1. The smallest absolute Gasteiger partial charge is 0.213 e. The number of ether oxygens (including phenoxy) is 1. The number of hydrogen-bond acceptors (Lipinski definition) is 3. The van der Waals surface area contributed by atoms with E-state index < -0.39 is 0 Å². The highest BCUT2D eigenvalue weighted by atomic mass is 35.5. The molecule has 2 rings (SSSR count). The summed E-state index contributed by atoms with van der Waals surface area (Å²) in [5, 5.41) is 7.24. The molecular weight excluding hydrogens is 312 g/mol. The Labute approximate surface area is 141 Å². The largest absolute Gasteiger partial charge is 0.478 e. The van der Waals surface area contributed by atoms with E-state index in [1.807, 2.05) is 43.3 Å². The number of aromatic nitrogens is 1. The fraction of sp³-hybridized carbons (Fsp3) is 0.294. The number of rotatable bonds is 6. The average Bonchev–Trinajstić information content (AvgIpc) is 2.57. The quantitative estimate of drug-likeness (QED) is 0.630. The van der Waals surface area contributed by atoms with Crippen molar-refractivity contribution in [1.29, 1.82) is 0 Å². The second kappa shape index (κ2) is 9.00. The number of aliphatic imine (C=N–C) groups is 1. The minimum absolute atomic E-state index is 0.602. The molecule has 6 heteroatoms. The van der Waals surface area contributed by atoms with Crippen molar-refractivity contribution in [2.24, 2.45) is 4.99 Å². The monoisotopic (exact) mass is 332 g/mol. The fourth-order valence-corrected chi connectivity index (χ4v) is 2.22. The summed E-state index contributed by atoms with van der Waals surface area (Å²) in [6.07, 6.45) is 1.74. The number of hydrogen-bond donors (Lipinski definition) is 2. The molecule has 1 aromatic carbocycles. The van der Waals surface area contributed by atoms with Crippen LogP contribution in [0.3, 0.4) is 0 Å². The van der Waals surface area contributed by atoms with E-state index in [2.05, 4.69) is 20.6 Å². The van der Waals surface area contributed by atoms with Gasteiger partial charge in [-0.3, -0.25) is 4.99 Å². The first-order chi connectivity index (χ1) is 11.2. The molecule has 0 unspecified atom stereocenters. The number of nitrogens with one attached hydrogen (secondary N) is 2. The van der Waals surface area contributed by atoms with Gasteiger partial charge in [-0.15, -0.1) is 0 Å². The maximum absolute atomic E-state index is 6.15. The zero-order valence-corrected chi connectivity index (χ0v) is 14.1. The van der Waals surface area contributed by atoms with E-state index in [4.69, 9.17) is 16.3 Å². The number of guanidine groups is 1. The molecule has 23 heavy (non-hydrogen) atoms. The van der Waals surface area contributed by atoms with Crippen LogP contribution in [-0.2, 0) is 13.1 Å². The van der Waals surface area contributed by atoms with Crippen molar-refractivity contribution in [3.05, 3.63) is 58.7 Å². The van der Waals surface area contributed by atoms with Crippen LogP contribution in [0.4, 0.5) is 0 Å². The standard InChI is InChI=1S/C17H21ClN4O/c1-3-23-16-10-13(8-9-20-16)11-21-17(19-2)22-12-14-6-4-5-7-15(14)18/h4-10H,3,11-12H2,1-2H3,(H2,19,21,22). The third kappa shape index (κ3) is 5.45. The number of pyridine rings is 1. The predicted molar refractivity (Wildman–Crippen MR) is 93.9 cm³/mol. The molecule has 2 N–H and O–H groups in total. The van der Waals surface area contributed by atoms with Crippen LogP contribution in [0, 0.1) is 0 Å². The Hall–Kier alpha value is -2.27. The van der Waals surface area contributed by atoms with Gasteiger partial charge in [0.1, 0.15) is 0 Å². The lowest BCUT2D eigenvalue weighted by atomic mass is 10.2. The van der Waals surface area contributed by atoms with Crippen molar-refractivity contribution in [2.75, 3.05) is 13.7 Å². The molecule has 0 saturated heterocycles. The van der Waals surface area contributed by atoms with Gasteiger partial charge in [-0.2, -0.15) is 0 Å². The molecule has 0 aliphatic carbocycles. The highest BCUT2D eigenvalue weighted by Crippen LogP contribution is 2.14. The van der Waals surface area contributed by atoms with Crippen molar-refractivity contribution in [3.8, 4) is 5.88 Å². The van der Waals surface area contributed by atoms with E-state index in [1.54, 1.807) is 13.2 Å². The normalized spacial score (nSPS) is 11.2. The Morgan fingerprint density at radius 3 is 2.74 bits per heavy atom. The lowest BCUT2D eigenvalue weighted by molar-refractivity contribution is 0.326. The Balaban J connectivity index is 1.88. The molecule has 0 saturated carbocycles. The van der Waals surface area contributed by atoms with E-state index in [9.17, 15) is 0 Å². The molecule has 0 atom stereocenters. The lowest BCUT2D eigenvalue weighted by Gasteiger charge is -2.13. The molecule has 0 bridgehead atoms. The summed E-state index contributed by atoms with van der Waals surface area (Å²) >= 11 is 6.15. The second-order valence-electron chi connectivity index (χ2n) is 4.81. The summed E-state index contributed by atoms with van der Waals surface area (Å²) in [5.41, 5.74) is 2.10. The van der Waals surface area contributed by atoms with Gasteiger partial charge in [0.25, 0.3) is 0 Å². The van der Waals surface area contributed by atoms with Crippen molar-refractivity contribution >= 4 is 17.6 Å². The molecule has 1 aromatic heterocycles. The van der Waals surface area contributed by atoms with Crippen LogP contribution in [0.2, 0.25) is 5.02 Å². The van der Waals surface area contributed by atoms with Gasteiger partial charge in [0.2, 0.25) is 5.88 Å². The third-order valence-corrected chi connectivity index (χ3v) is 3.55. The lowest BCUT2D eigenvalue weighted by Crippen LogP contribution is -2.36. The molecule has 0 spiro atoms. The fourth-order valence-electron chi connectivity index (χ4n) is 2.01. The van der Waals surface area contributed by atoms with Crippen molar-refractivity contribution in [2.45, 2.75) is 20.0 Å². The van der Waals surface area contributed by atoms with Gasteiger partial charge in [0.05, 0.1) is 6.61 Å². The van der Waals surface area contributed by atoms with Gasteiger partial charge in [-0.25, -0.2) is 4.98 Å². The van der Waals surface area contributed by atoms with Gasteiger partial charge in [0, 0.05) is 37.4 Å². The molecule has 122 valence electrons. The van der Waals surface area contributed by atoms with Gasteiger partial charge in [0.15, 0.2) is 5.96 Å². The Bertz CT molecular complexity index is 661. The zero-order chi connectivity index (χ0) is 16.5. The number of nitrogens with zero attached hydrogens (tertiary/aromatic N) is 2. The van der Waals surface area contributed by atoms with E-state index in [0.29, 0.717) is 31.5 Å². The van der Waals surface area contributed by atoms with Crippen LogP contribution >= 0.6 is 11.6 Å². The minimum atomic E-state index is 0.602. The minimum Gasteiger partial charge on any atom is -0.478 e. The molecule has 0 aliphatic heterocycles. The topological polar surface area (TPSA) is 58.5 Å². The first-order valence-corrected chi connectivity index (χ1v) is 7.86. The van der Waals surface area contributed by atoms with E-state index in [1.165, 1.54) is 0 Å². The highest BCUT2D eigenvalue weighted by molar-refractivity contribution is 6.31. The third-order valence-electron chi connectivity index (χ3n) is 3.18. The molecule has 0 fully saturated rings. The summed E-state index contributed by atoms with van der Waals surface area (Å²) in [6, 6.07) is 11.6. The Morgan fingerprint density at radius 1 is 1.22 bits per heavy atom. The highest BCUT2D eigenvalue weighted by Gasteiger charge is 2.03. The first kappa shape index (κ1) is 17.1. The van der Waals surface area contributed by atoms with Gasteiger partial charge >= 0.3 is 0 Å². The van der Waals surface area contributed by atoms with Gasteiger partial charge < -0.3 is 15.4 Å². The molecule has 0 amide bonds. The second-order valence-corrected chi connectivity index (χ2v) is 5.21. The van der Waals surface area contributed by atoms with Crippen LogP contribution in [0.5, 0.6) is 5.88 Å². The molecule has 0 radical (unpaired) electrons. The van der Waals surface area contributed by atoms with Crippen LogP contribution in [-0.4, -0.2) is 24.6 Å². The molecule has 5 nitrogen and oxygen atoms in total. The first-order valence-electron chi connectivity index (χ1n) is 7.48. The van der Waals surface area contributed by atoms with Crippen LogP contribution in [0.15, 0.2) is 47.6 Å². The SMILES string of the molecule is CCOc1cc(CNC(=NC)NCc2ccccc2Cl)ccn1. The zero-order valence-electron chi connectivity index (χ0n) is 13.3. The Morgan fingerprint density at radius 2 is 2.00 bits per heavy atom. The molecular formula is C17H21ClN4O. The predicted octanol–water partition coefficient (Wildman–Crippen LogP) is 3.00. The maximum atomic E-state index is 6.15. The summed E-state index contributed by atoms with van der Waals surface area (Å²) in [5.74, 6) is 1.34. The van der Waals surface area contributed by atoms with Crippen molar-refractivity contribution in [3.63, 3.8) is 0 Å². The van der Waals surface area contributed by atoms with Crippen LogP contribution in [0.25, 0.3) is 0 Å². The van der Waals surface area contributed by atoms with Gasteiger partial charge in [-0.05, 0) is 30.2 Å². The summed E-state index contributed by atoms with van der Waals surface area (Å²) < 4.78 is 5.40. The van der Waals surface area contributed by atoms with Gasteiger partial charge in [-0.1, -0.05) is 29.8 Å². The maximum Gasteiger partial charge on any atom is 0.213 e. The van der Waals surface area contributed by atoms with Crippen LogP contribution in [0.1, 0.15) is 18.1 Å². The molecule has 0 aliphatic rings. The number of halogens is 1. The molecule has 2 aromatic rings. The summed E-state index contributed by atoms with van der Waals surface area (Å²) in [4.78, 5) is 8.36. The summed E-state index contributed by atoms with van der Waals surface area (Å²) in [6.45, 7) is 3.78. The molecule has 1 heterocycles. The summed E-state index contributed by atoms with van der Waals surface area (Å²) in [7, 11) is 1.74. The van der Waals surface area contributed by atoms with E-state index in [-0.39, 0.29) is 0 Å². The van der Waals surface area contributed by atoms with Crippen LogP contribution < -0.4 is 15.4 Å². The van der Waals surface area contributed by atoms with E-state index in [0.717, 1.165) is 16.1 Å². The van der Waals surface area contributed by atoms with E-state index >= 15 is 0 Å². The van der Waals surface area contributed by atoms with Crippen molar-refractivity contribution < 1.29 is 4.74 Å². The average molecular weight is 333 g/mol. The van der Waals surface area contributed by atoms with Crippen molar-refractivity contribution in [1.82, 2.24) is 15.6 Å². The Kier molecular flexibility index (Phi) is 6.69.